The first kappa shape index (κ1) is 20.3. The van der Waals surface area contributed by atoms with Crippen molar-refractivity contribution in [1.82, 2.24) is 14.5 Å². The van der Waals surface area contributed by atoms with Crippen molar-refractivity contribution in [2.45, 2.75) is 6.54 Å². The van der Waals surface area contributed by atoms with Crippen LogP contribution in [0.15, 0.2) is 82.0 Å². The number of carbonyl (C=O) groups is 1. The third kappa shape index (κ3) is 3.52. The summed E-state index contributed by atoms with van der Waals surface area (Å²) in [4.78, 5) is 34.7. The van der Waals surface area contributed by atoms with E-state index in [1.807, 2.05) is 36.4 Å². The van der Waals surface area contributed by atoms with Gasteiger partial charge in [0.25, 0.3) is 0 Å². The monoisotopic (exact) mass is 470 g/mol. The summed E-state index contributed by atoms with van der Waals surface area (Å²) in [5.41, 5.74) is 1.66. The van der Waals surface area contributed by atoms with Gasteiger partial charge < -0.3 is 14.3 Å². The Hall–Kier alpha value is -4.37. The fourth-order valence-corrected chi connectivity index (χ4v) is 4.79. The van der Waals surface area contributed by atoms with Crippen molar-refractivity contribution in [3.05, 3.63) is 89.0 Å². The summed E-state index contributed by atoms with van der Waals surface area (Å²) < 4.78 is 22.0. The lowest BCUT2D eigenvalue weighted by molar-refractivity contribution is -0.116. The summed E-state index contributed by atoms with van der Waals surface area (Å²) in [7, 11) is 0. The SMILES string of the molecule is O=C(Cn1c(-c2cc3ccccc3oc2=O)nc2ccc(F)cc21)Nc1nc2ccccc2s1. The zero-order chi connectivity index (χ0) is 23.2. The van der Waals surface area contributed by atoms with E-state index in [2.05, 4.69) is 15.3 Å². The van der Waals surface area contributed by atoms with Gasteiger partial charge in [0, 0.05) is 5.39 Å². The molecule has 0 bridgehead atoms. The third-order valence-electron chi connectivity index (χ3n) is 5.43. The normalized spacial score (nSPS) is 11.4. The highest BCUT2D eigenvalue weighted by Crippen LogP contribution is 2.28. The Morgan fingerprint density at radius 2 is 1.82 bits per heavy atom. The molecule has 1 amide bonds. The second kappa shape index (κ2) is 7.89. The Morgan fingerprint density at radius 3 is 2.71 bits per heavy atom. The Bertz CT molecular complexity index is 1750. The minimum atomic E-state index is -0.595. The zero-order valence-corrected chi connectivity index (χ0v) is 18.3. The van der Waals surface area contributed by atoms with E-state index in [9.17, 15) is 14.0 Å². The fraction of sp³-hybridized carbons (Fsp3) is 0.0400. The third-order valence-corrected chi connectivity index (χ3v) is 6.39. The first-order valence-corrected chi connectivity index (χ1v) is 11.2. The molecule has 34 heavy (non-hydrogen) atoms. The number of hydrogen-bond donors (Lipinski definition) is 1. The summed E-state index contributed by atoms with van der Waals surface area (Å²) in [6.07, 6.45) is 0. The number of halogens is 1. The molecule has 0 saturated heterocycles. The van der Waals surface area contributed by atoms with E-state index in [1.165, 1.54) is 34.1 Å². The molecule has 3 heterocycles. The molecule has 3 aromatic carbocycles. The second-order valence-corrected chi connectivity index (χ2v) is 8.71. The van der Waals surface area contributed by atoms with Gasteiger partial charge in [0.05, 0.1) is 21.3 Å². The van der Waals surface area contributed by atoms with Crippen LogP contribution in [0.3, 0.4) is 0 Å². The van der Waals surface area contributed by atoms with Crippen LogP contribution < -0.4 is 10.9 Å². The number of amides is 1. The summed E-state index contributed by atoms with van der Waals surface area (Å²) in [5.74, 6) is -0.633. The summed E-state index contributed by atoms with van der Waals surface area (Å²) >= 11 is 1.36. The maximum absolute atomic E-state index is 14.1. The van der Waals surface area contributed by atoms with Gasteiger partial charge in [-0.15, -0.1) is 0 Å². The van der Waals surface area contributed by atoms with Gasteiger partial charge in [-0.25, -0.2) is 19.2 Å². The number of imidazole rings is 1. The first-order valence-electron chi connectivity index (χ1n) is 10.4. The number of rotatable bonds is 4. The molecule has 0 fully saturated rings. The molecule has 6 rings (SSSR count). The van der Waals surface area contributed by atoms with Crippen molar-refractivity contribution in [2.75, 3.05) is 5.32 Å². The molecule has 1 N–H and O–H groups in total. The molecule has 0 spiro atoms. The molecule has 0 atom stereocenters. The van der Waals surface area contributed by atoms with E-state index in [4.69, 9.17) is 4.42 Å². The highest BCUT2D eigenvalue weighted by molar-refractivity contribution is 7.22. The maximum atomic E-state index is 14.1. The average Bonchev–Trinajstić information content (AvgIpc) is 3.39. The Morgan fingerprint density at radius 1 is 1.00 bits per heavy atom. The number of carbonyl (C=O) groups excluding carboxylic acids is 1. The van der Waals surface area contributed by atoms with Gasteiger partial charge in [0.15, 0.2) is 5.13 Å². The molecule has 0 unspecified atom stereocenters. The van der Waals surface area contributed by atoms with E-state index in [0.717, 1.165) is 10.2 Å². The molecule has 3 aromatic heterocycles. The Labute approximate surface area is 195 Å². The van der Waals surface area contributed by atoms with Gasteiger partial charge >= 0.3 is 5.63 Å². The number of para-hydroxylation sites is 2. The van der Waals surface area contributed by atoms with Gasteiger partial charge in [-0.2, -0.15) is 0 Å². The molecular formula is C25H15FN4O3S. The van der Waals surface area contributed by atoms with Crippen LogP contribution in [0.1, 0.15) is 0 Å². The van der Waals surface area contributed by atoms with E-state index < -0.39 is 11.4 Å². The molecule has 0 aliphatic heterocycles. The van der Waals surface area contributed by atoms with Crippen molar-refractivity contribution in [2.24, 2.45) is 0 Å². The number of benzene rings is 3. The number of anilines is 1. The van der Waals surface area contributed by atoms with Crippen LogP contribution in [-0.2, 0) is 11.3 Å². The topological polar surface area (TPSA) is 90.0 Å². The van der Waals surface area contributed by atoms with Crippen molar-refractivity contribution in [3.8, 4) is 11.4 Å². The zero-order valence-electron chi connectivity index (χ0n) is 17.5. The number of thiazole rings is 1. The van der Waals surface area contributed by atoms with Gasteiger partial charge in [-0.3, -0.25) is 4.79 Å². The highest BCUT2D eigenvalue weighted by atomic mass is 32.1. The highest BCUT2D eigenvalue weighted by Gasteiger charge is 2.20. The average molecular weight is 470 g/mol. The van der Waals surface area contributed by atoms with Crippen LogP contribution in [0.2, 0.25) is 0 Å². The predicted molar refractivity (Wildman–Crippen MR) is 129 cm³/mol. The van der Waals surface area contributed by atoms with Crippen molar-refractivity contribution < 1.29 is 13.6 Å². The van der Waals surface area contributed by atoms with E-state index in [0.29, 0.717) is 27.1 Å². The molecule has 7 nitrogen and oxygen atoms in total. The van der Waals surface area contributed by atoms with Gasteiger partial charge in [0.1, 0.15) is 29.3 Å². The quantitative estimate of drug-likeness (QED) is 0.358. The minimum absolute atomic E-state index is 0.183. The summed E-state index contributed by atoms with van der Waals surface area (Å²) in [5, 5.41) is 3.96. The van der Waals surface area contributed by atoms with Crippen LogP contribution in [0.25, 0.3) is 43.6 Å². The van der Waals surface area contributed by atoms with E-state index >= 15 is 0 Å². The van der Waals surface area contributed by atoms with Gasteiger partial charge in [0.2, 0.25) is 5.91 Å². The van der Waals surface area contributed by atoms with E-state index in [-0.39, 0.29) is 23.8 Å². The molecule has 0 aliphatic carbocycles. The van der Waals surface area contributed by atoms with E-state index in [1.54, 1.807) is 18.2 Å². The lowest BCUT2D eigenvalue weighted by Gasteiger charge is -2.09. The molecule has 0 radical (unpaired) electrons. The molecule has 0 saturated carbocycles. The molecule has 0 aliphatic rings. The summed E-state index contributed by atoms with van der Waals surface area (Å²) in [6, 6.07) is 20.4. The molecular weight excluding hydrogens is 455 g/mol. The summed E-state index contributed by atoms with van der Waals surface area (Å²) in [6.45, 7) is -0.197. The van der Waals surface area contributed by atoms with Crippen LogP contribution in [-0.4, -0.2) is 20.4 Å². The smallest absolute Gasteiger partial charge is 0.347 e. The van der Waals surface area contributed by atoms with Crippen LogP contribution in [0, 0.1) is 5.82 Å². The maximum Gasteiger partial charge on any atom is 0.347 e. The second-order valence-electron chi connectivity index (χ2n) is 7.67. The Balaban J connectivity index is 1.44. The number of nitrogens with zero attached hydrogens (tertiary/aromatic N) is 3. The standard InChI is InChI=1S/C25H15FN4O3S/c26-15-9-10-17-19(12-15)30(13-22(31)29-25-28-18-6-2-4-8-21(18)34-25)23(27-17)16-11-14-5-1-3-7-20(14)33-24(16)32/h1-12H,13H2,(H,28,29,31). The van der Waals surface area contributed by atoms with Crippen LogP contribution >= 0.6 is 11.3 Å². The lowest BCUT2D eigenvalue weighted by atomic mass is 10.2. The Kier molecular flexibility index (Phi) is 4.70. The molecule has 166 valence electrons. The van der Waals surface area contributed by atoms with Crippen molar-refractivity contribution in [3.63, 3.8) is 0 Å². The minimum Gasteiger partial charge on any atom is -0.422 e. The number of aromatic nitrogens is 3. The van der Waals surface area contributed by atoms with Crippen LogP contribution in [0.4, 0.5) is 9.52 Å². The van der Waals surface area contributed by atoms with Crippen molar-refractivity contribution in [1.29, 1.82) is 0 Å². The van der Waals surface area contributed by atoms with Gasteiger partial charge in [-0.05, 0) is 42.5 Å². The van der Waals surface area contributed by atoms with Crippen LogP contribution in [0.5, 0.6) is 0 Å². The molecule has 6 aromatic rings. The number of fused-ring (bicyclic) bond motifs is 3. The van der Waals surface area contributed by atoms with Gasteiger partial charge in [-0.1, -0.05) is 41.7 Å². The fourth-order valence-electron chi connectivity index (χ4n) is 3.91. The predicted octanol–water partition coefficient (Wildman–Crippen LogP) is 5.20. The van der Waals surface area contributed by atoms with Crippen molar-refractivity contribution >= 4 is 54.6 Å². The lowest BCUT2D eigenvalue weighted by Crippen LogP contribution is -2.20. The number of nitrogens with one attached hydrogen (secondary N) is 1. The number of hydrogen-bond acceptors (Lipinski definition) is 6. The first-order chi connectivity index (χ1) is 16.5. The molecule has 9 heteroatoms. The largest absolute Gasteiger partial charge is 0.422 e.